The Morgan fingerprint density at radius 3 is 2.16 bits per heavy atom. The van der Waals surface area contributed by atoms with Crippen LogP contribution < -0.4 is 24.3 Å². The molecule has 0 unspecified atom stereocenters. The molecular weight excluding hydrogens is 424 g/mol. The van der Waals surface area contributed by atoms with Crippen LogP contribution in [0.1, 0.15) is 12.5 Å². The maximum absolute atomic E-state index is 12.8. The topological polar surface area (TPSA) is 103 Å². The van der Waals surface area contributed by atoms with Gasteiger partial charge in [-0.1, -0.05) is 6.07 Å². The van der Waals surface area contributed by atoms with Gasteiger partial charge in [0.05, 0.1) is 39.4 Å². The molecule has 0 aromatic heterocycles. The van der Waals surface area contributed by atoms with Crippen molar-refractivity contribution in [2.45, 2.75) is 18.4 Å². The van der Waals surface area contributed by atoms with E-state index >= 15 is 0 Å². The lowest BCUT2D eigenvalue weighted by molar-refractivity contribution is -0.121. The fraction of sp³-hybridized carbons (Fsp3) is 0.381. The molecule has 10 heteroatoms. The van der Waals surface area contributed by atoms with Gasteiger partial charge in [-0.15, -0.1) is 0 Å². The Kier molecular flexibility index (Phi) is 8.52. The first-order valence-corrected chi connectivity index (χ1v) is 11.0. The molecule has 0 spiro atoms. The van der Waals surface area contributed by atoms with E-state index in [-0.39, 0.29) is 23.7 Å². The van der Waals surface area contributed by atoms with Crippen LogP contribution in [0.3, 0.4) is 0 Å². The number of amides is 1. The van der Waals surface area contributed by atoms with Gasteiger partial charge in [-0.25, -0.2) is 8.42 Å². The van der Waals surface area contributed by atoms with Gasteiger partial charge < -0.3 is 24.3 Å². The number of hydrogen-bond acceptors (Lipinski definition) is 7. The lowest BCUT2D eigenvalue weighted by atomic mass is 10.2. The molecule has 0 heterocycles. The molecule has 0 fully saturated rings. The molecule has 2 aromatic carbocycles. The Labute approximate surface area is 182 Å². The number of benzene rings is 2. The zero-order valence-corrected chi connectivity index (χ0v) is 19.1. The highest BCUT2D eigenvalue weighted by molar-refractivity contribution is 7.89. The summed E-state index contributed by atoms with van der Waals surface area (Å²) >= 11 is 0. The number of sulfonamides is 1. The number of likely N-dealkylation sites (N-methyl/N-ethyl adjacent to an activating group) is 1. The molecule has 0 aliphatic carbocycles. The van der Waals surface area contributed by atoms with Crippen LogP contribution in [0.25, 0.3) is 0 Å². The zero-order valence-electron chi connectivity index (χ0n) is 18.3. The van der Waals surface area contributed by atoms with E-state index in [1.165, 1.54) is 39.5 Å². The van der Waals surface area contributed by atoms with Crippen molar-refractivity contribution >= 4 is 15.9 Å². The molecule has 0 atom stereocenters. The van der Waals surface area contributed by atoms with Crippen LogP contribution in [0.4, 0.5) is 0 Å². The first kappa shape index (κ1) is 24.3. The molecule has 0 radical (unpaired) electrons. The molecule has 31 heavy (non-hydrogen) atoms. The van der Waals surface area contributed by atoms with Crippen molar-refractivity contribution in [3.63, 3.8) is 0 Å². The van der Waals surface area contributed by atoms with E-state index in [4.69, 9.17) is 18.9 Å². The summed E-state index contributed by atoms with van der Waals surface area (Å²) < 4.78 is 47.7. The molecule has 2 rings (SSSR count). The molecule has 1 amide bonds. The predicted octanol–water partition coefficient (Wildman–Crippen LogP) is 2.05. The van der Waals surface area contributed by atoms with Gasteiger partial charge in [-0.3, -0.25) is 4.79 Å². The summed E-state index contributed by atoms with van der Waals surface area (Å²) in [6, 6.07) is 9.57. The minimum absolute atomic E-state index is 0.00281. The highest BCUT2D eigenvalue weighted by atomic mass is 32.2. The second-order valence-corrected chi connectivity index (χ2v) is 8.52. The predicted molar refractivity (Wildman–Crippen MR) is 115 cm³/mol. The third-order valence-electron chi connectivity index (χ3n) is 4.45. The van der Waals surface area contributed by atoms with Gasteiger partial charge in [0, 0.05) is 19.7 Å². The number of nitrogens with zero attached hydrogens (tertiary/aromatic N) is 1. The SMILES string of the molecule is CCOc1cc(CNC(=O)CN(C)S(=O)(=O)c2ccc(OC)c(OC)c2)ccc1OC. The van der Waals surface area contributed by atoms with Crippen molar-refractivity contribution in [2.24, 2.45) is 0 Å². The van der Waals surface area contributed by atoms with Crippen molar-refractivity contribution in [2.75, 3.05) is 41.5 Å². The van der Waals surface area contributed by atoms with Crippen molar-refractivity contribution in [1.82, 2.24) is 9.62 Å². The second kappa shape index (κ2) is 10.9. The molecule has 0 bridgehead atoms. The summed E-state index contributed by atoms with van der Waals surface area (Å²) in [4.78, 5) is 12.3. The van der Waals surface area contributed by atoms with Crippen LogP contribution in [0.2, 0.25) is 0 Å². The van der Waals surface area contributed by atoms with Crippen LogP contribution in [0.5, 0.6) is 23.0 Å². The summed E-state index contributed by atoms with van der Waals surface area (Å²) in [5, 5.41) is 2.71. The van der Waals surface area contributed by atoms with Crippen molar-refractivity contribution in [3.8, 4) is 23.0 Å². The number of rotatable bonds is 11. The Morgan fingerprint density at radius 1 is 0.935 bits per heavy atom. The molecule has 0 aliphatic rings. The lowest BCUT2D eigenvalue weighted by Gasteiger charge is -2.18. The fourth-order valence-electron chi connectivity index (χ4n) is 2.80. The maximum Gasteiger partial charge on any atom is 0.243 e. The van der Waals surface area contributed by atoms with E-state index in [0.29, 0.717) is 23.9 Å². The normalized spacial score (nSPS) is 11.2. The smallest absolute Gasteiger partial charge is 0.243 e. The number of carbonyl (C=O) groups is 1. The van der Waals surface area contributed by atoms with Crippen molar-refractivity contribution in [1.29, 1.82) is 0 Å². The van der Waals surface area contributed by atoms with Crippen LogP contribution in [-0.2, 0) is 21.4 Å². The molecule has 0 saturated heterocycles. The number of nitrogens with one attached hydrogen (secondary N) is 1. The summed E-state index contributed by atoms with van der Waals surface area (Å²) in [6.45, 7) is 2.21. The molecule has 0 aliphatic heterocycles. The third-order valence-corrected chi connectivity index (χ3v) is 6.25. The summed E-state index contributed by atoms with van der Waals surface area (Å²) in [5.41, 5.74) is 0.794. The third kappa shape index (κ3) is 6.02. The highest BCUT2D eigenvalue weighted by Crippen LogP contribution is 2.30. The van der Waals surface area contributed by atoms with Crippen LogP contribution in [0, 0.1) is 0 Å². The van der Waals surface area contributed by atoms with E-state index in [1.807, 2.05) is 6.92 Å². The van der Waals surface area contributed by atoms with Crippen molar-refractivity contribution in [3.05, 3.63) is 42.0 Å². The van der Waals surface area contributed by atoms with E-state index in [0.717, 1.165) is 9.87 Å². The van der Waals surface area contributed by atoms with E-state index in [1.54, 1.807) is 25.3 Å². The number of carbonyl (C=O) groups excluding carboxylic acids is 1. The Balaban J connectivity index is 2.04. The molecule has 2 aromatic rings. The Bertz CT molecular complexity index is 1010. The van der Waals surface area contributed by atoms with Gasteiger partial charge in [0.2, 0.25) is 15.9 Å². The van der Waals surface area contributed by atoms with E-state index < -0.39 is 15.9 Å². The molecule has 0 saturated carbocycles. The summed E-state index contributed by atoms with van der Waals surface area (Å²) in [6.07, 6.45) is 0. The van der Waals surface area contributed by atoms with Gasteiger partial charge >= 0.3 is 0 Å². The zero-order chi connectivity index (χ0) is 23.0. The van der Waals surface area contributed by atoms with Gasteiger partial charge in [0.15, 0.2) is 23.0 Å². The minimum Gasteiger partial charge on any atom is -0.493 e. The number of methoxy groups -OCH3 is 3. The van der Waals surface area contributed by atoms with Gasteiger partial charge in [0.1, 0.15) is 0 Å². The molecule has 9 nitrogen and oxygen atoms in total. The number of ether oxygens (including phenoxy) is 4. The fourth-order valence-corrected chi connectivity index (χ4v) is 3.94. The minimum atomic E-state index is -3.90. The summed E-state index contributed by atoms with van der Waals surface area (Å²) in [7, 11) is 1.87. The van der Waals surface area contributed by atoms with Gasteiger partial charge in [-0.05, 0) is 36.8 Å². The molecular formula is C21H28N2O7S. The average Bonchev–Trinajstić information content (AvgIpc) is 2.77. The Hall–Kier alpha value is -2.98. The maximum atomic E-state index is 12.8. The average molecular weight is 453 g/mol. The van der Waals surface area contributed by atoms with Crippen molar-refractivity contribution < 1.29 is 32.2 Å². The summed E-state index contributed by atoms with van der Waals surface area (Å²) in [5.74, 6) is 1.42. The van der Waals surface area contributed by atoms with Gasteiger partial charge in [-0.2, -0.15) is 4.31 Å². The van der Waals surface area contributed by atoms with E-state index in [2.05, 4.69) is 5.32 Å². The van der Waals surface area contributed by atoms with Crippen LogP contribution in [0.15, 0.2) is 41.3 Å². The largest absolute Gasteiger partial charge is 0.493 e. The lowest BCUT2D eigenvalue weighted by Crippen LogP contribution is -2.38. The van der Waals surface area contributed by atoms with Crippen LogP contribution >= 0.6 is 0 Å². The molecule has 170 valence electrons. The second-order valence-electron chi connectivity index (χ2n) is 6.47. The first-order valence-electron chi connectivity index (χ1n) is 9.51. The van der Waals surface area contributed by atoms with E-state index in [9.17, 15) is 13.2 Å². The Morgan fingerprint density at radius 2 is 1.55 bits per heavy atom. The molecule has 1 N–H and O–H groups in total. The quantitative estimate of drug-likeness (QED) is 0.556. The highest BCUT2D eigenvalue weighted by Gasteiger charge is 2.24. The first-order chi connectivity index (χ1) is 14.8. The van der Waals surface area contributed by atoms with Gasteiger partial charge in [0.25, 0.3) is 0 Å². The van der Waals surface area contributed by atoms with Crippen LogP contribution in [-0.4, -0.2) is 60.2 Å². The number of hydrogen-bond donors (Lipinski definition) is 1. The standard InChI is InChI=1S/C21H28N2O7S/c1-6-30-20-11-15(7-9-18(20)28-4)13-22-21(24)14-23(2)31(25,26)16-8-10-17(27-3)19(12-16)29-5/h7-12H,6,13-14H2,1-5H3,(H,22,24). The monoisotopic (exact) mass is 452 g/mol.